The van der Waals surface area contributed by atoms with E-state index in [1.807, 2.05) is 12.4 Å². The fraction of sp³-hybridized carbons (Fsp3) is 0.320. The molecule has 2 heterocycles. The molecular formula is C25H27BrN2. The van der Waals surface area contributed by atoms with E-state index in [4.69, 9.17) is 0 Å². The minimum atomic E-state index is 0.113. The molecule has 3 heteroatoms. The van der Waals surface area contributed by atoms with Gasteiger partial charge in [-0.3, -0.25) is 4.98 Å². The third kappa shape index (κ3) is 3.26. The fourth-order valence-corrected chi connectivity index (χ4v) is 4.11. The van der Waals surface area contributed by atoms with Crippen LogP contribution < -0.4 is 0 Å². The molecule has 4 rings (SSSR count). The van der Waals surface area contributed by atoms with Crippen LogP contribution in [0.4, 0.5) is 0 Å². The van der Waals surface area contributed by atoms with Crippen LogP contribution in [0.2, 0.25) is 0 Å². The first-order valence-corrected chi connectivity index (χ1v) is 10.5. The first-order chi connectivity index (χ1) is 13.1. The van der Waals surface area contributed by atoms with E-state index >= 15 is 0 Å². The molecule has 144 valence electrons. The molecule has 0 aliphatic heterocycles. The zero-order valence-electron chi connectivity index (χ0n) is 17.5. The van der Waals surface area contributed by atoms with Crippen molar-refractivity contribution < 1.29 is 0 Å². The zero-order chi connectivity index (χ0) is 20.3. The lowest BCUT2D eigenvalue weighted by Gasteiger charge is -2.19. The molecule has 2 aromatic heterocycles. The van der Waals surface area contributed by atoms with E-state index in [9.17, 15) is 0 Å². The lowest BCUT2D eigenvalue weighted by atomic mass is 9.85. The highest BCUT2D eigenvalue weighted by atomic mass is 79.9. The van der Waals surface area contributed by atoms with Crippen molar-refractivity contribution in [1.29, 1.82) is 0 Å². The summed E-state index contributed by atoms with van der Waals surface area (Å²) >= 11 is 3.58. The van der Waals surface area contributed by atoms with Gasteiger partial charge in [0.25, 0.3) is 0 Å². The van der Waals surface area contributed by atoms with Gasteiger partial charge in [0, 0.05) is 21.4 Å². The monoisotopic (exact) mass is 434 g/mol. The van der Waals surface area contributed by atoms with Gasteiger partial charge in [0.15, 0.2) is 0 Å². The second-order valence-corrected chi connectivity index (χ2v) is 10.6. The Bertz CT molecular complexity index is 1120. The maximum absolute atomic E-state index is 4.40. The summed E-state index contributed by atoms with van der Waals surface area (Å²) in [5, 5.41) is 2.60. The Morgan fingerprint density at radius 2 is 1.21 bits per heavy atom. The van der Waals surface area contributed by atoms with Gasteiger partial charge in [0.2, 0.25) is 0 Å². The molecule has 0 unspecified atom stereocenters. The first-order valence-electron chi connectivity index (χ1n) is 9.76. The lowest BCUT2D eigenvalue weighted by molar-refractivity contribution is 0.590. The van der Waals surface area contributed by atoms with Crippen molar-refractivity contribution in [3.63, 3.8) is 0 Å². The SMILES string of the molecule is CC(C)(C)c1ccc2c(c1)c1cc(C(C)(C)C)ccc1n2-c1cncc(Br)c1. The van der Waals surface area contributed by atoms with E-state index in [0.29, 0.717) is 0 Å². The molecule has 0 spiro atoms. The number of hydrogen-bond acceptors (Lipinski definition) is 1. The van der Waals surface area contributed by atoms with E-state index in [0.717, 1.165) is 10.2 Å². The third-order valence-electron chi connectivity index (χ3n) is 5.45. The molecule has 0 aliphatic rings. The Hall–Kier alpha value is -2.13. The highest BCUT2D eigenvalue weighted by Gasteiger charge is 2.20. The van der Waals surface area contributed by atoms with Gasteiger partial charge in [-0.25, -0.2) is 0 Å². The van der Waals surface area contributed by atoms with Crippen molar-refractivity contribution in [2.75, 3.05) is 0 Å². The lowest BCUT2D eigenvalue weighted by Crippen LogP contribution is -2.10. The summed E-state index contributed by atoms with van der Waals surface area (Å²) < 4.78 is 3.30. The minimum absolute atomic E-state index is 0.113. The van der Waals surface area contributed by atoms with Gasteiger partial charge in [-0.2, -0.15) is 0 Å². The minimum Gasteiger partial charge on any atom is -0.308 e. The number of rotatable bonds is 1. The summed E-state index contributed by atoms with van der Waals surface area (Å²) in [6.45, 7) is 13.6. The normalized spacial score (nSPS) is 12.8. The van der Waals surface area contributed by atoms with Crippen LogP contribution in [0.5, 0.6) is 0 Å². The molecule has 28 heavy (non-hydrogen) atoms. The number of fused-ring (bicyclic) bond motifs is 3. The van der Waals surface area contributed by atoms with Gasteiger partial charge in [-0.15, -0.1) is 0 Å². The van der Waals surface area contributed by atoms with Gasteiger partial charge in [0.05, 0.1) is 22.9 Å². The molecule has 0 saturated heterocycles. The molecule has 2 nitrogen and oxygen atoms in total. The number of benzene rings is 2. The standard InChI is InChI=1S/C25H27BrN2/c1-24(2,3)16-7-9-22-20(11-16)21-12-17(25(4,5)6)8-10-23(21)28(22)19-13-18(26)14-27-15-19/h7-15H,1-6H3. The van der Waals surface area contributed by atoms with Gasteiger partial charge < -0.3 is 4.57 Å². The second-order valence-electron chi connectivity index (χ2n) is 9.66. The maximum Gasteiger partial charge on any atom is 0.0656 e. The number of aromatic nitrogens is 2. The molecule has 4 aromatic rings. The molecule has 0 aliphatic carbocycles. The Morgan fingerprint density at radius 1 is 0.714 bits per heavy atom. The van der Waals surface area contributed by atoms with Gasteiger partial charge >= 0.3 is 0 Å². The Labute approximate surface area is 175 Å². The fourth-order valence-electron chi connectivity index (χ4n) is 3.76. The Morgan fingerprint density at radius 3 is 1.64 bits per heavy atom. The van der Waals surface area contributed by atoms with Gasteiger partial charge in [-0.1, -0.05) is 53.7 Å². The molecule has 0 amide bonds. The summed E-state index contributed by atoms with van der Waals surface area (Å²) in [4.78, 5) is 4.40. The van der Waals surface area contributed by atoms with Crippen molar-refractivity contribution in [3.8, 4) is 5.69 Å². The van der Waals surface area contributed by atoms with Crippen LogP contribution in [-0.4, -0.2) is 9.55 Å². The summed E-state index contributed by atoms with van der Waals surface area (Å²) in [5.74, 6) is 0. The van der Waals surface area contributed by atoms with Crippen LogP contribution in [0.3, 0.4) is 0 Å². The van der Waals surface area contributed by atoms with Crippen LogP contribution in [0.15, 0.2) is 59.3 Å². The van der Waals surface area contributed by atoms with Crippen LogP contribution in [0, 0.1) is 0 Å². The summed E-state index contributed by atoms with van der Waals surface area (Å²) in [7, 11) is 0. The molecule has 0 N–H and O–H groups in total. The van der Waals surface area contributed by atoms with Crippen LogP contribution in [0.25, 0.3) is 27.5 Å². The van der Waals surface area contributed by atoms with Gasteiger partial charge in [-0.05, 0) is 68.2 Å². The molecule has 0 saturated carbocycles. The average Bonchev–Trinajstić information content (AvgIpc) is 2.93. The molecule has 2 aromatic carbocycles. The van der Waals surface area contributed by atoms with E-state index in [1.54, 1.807) is 0 Å². The maximum atomic E-state index is 4.40. The quantitative estimate of drug-likeness (QED) is 0.302. The molecular weight excluding hydrogens is 408 g/mol. The first kappa shape index (κ1) is 19.2. The summed E-state index contributed by atoms with van der Waals surface area (Å²) in [6.07, 6.45) is 3.76. The second kappa shape index (κ2) is 6.45. The molecule has 0 radical (unpaired) electrons. The number of nitrogens with zero attached hydrogens (tertiary/aromatic N) is 2. The van der Waals surface area contributed by atoms with E-state index in [2.05, 4.69) is 109 Å². The Balaban J connectivity index is 2.13. The Kier molecular flexibility index (Phi) is 4.42. The van der Waals surface area contributed by atoms with E-state index in [1.165, 1.54) is 32.9 Å². The highest BCUT2D eigenvalue weighted by molar-refractivity contribution is 9.10. The van der Waals surface area contributed by atoms with E-state index in [-0.39, 0.29) is 10.8 Å². The van der Waals surface area contributed by atoms with Crippen molar-refractivity contribution in [2.24, 2.45) is 0 Å². The van der Waals surface area contributed by atoms with E-state index < -0.39 is 0 Å². The van der Waals surface area contributed by atoms with Crippen molar-refractivity contribution >= 4 is 37.7 Å². The summed E-state index contributed by atoms with van der Waals surface area (Å²) in [5.41, 5.74) is 6.44. The van der Waals surface area contributed by atoms with Gasteiger partial charge in [0.1, 0.15) is 0 Å². The largest absolute Gasteiger partial charge is 0.308 e. The van der Waals surface area contributed by atoms with Crippen molar-refractivity contribution in [1.82, 2.24) is 9.55 Å². The van der Waals surface area contributed by atoms with Crippen LogP contribution in [0.1, 0.15) is 52.7 Å². The van der Waals surface area contributed by atoms with Crippen LogP contribution in [-0.2, 0) is 10.8 Å². The van der Waals surface area contributed by atoms with Crippen molar-refractivity contribution in [2.45, 2.75) is 52.4 Å². The van der Waals surface area contributed by atoms with Crippen molar-refractivity contribution in [3.05, 3.63) is 70.5 Å². The smallest absolute Gasteiger partial charge is 0.0656 e. The number of halogens is 1. The number of hydrogen-bond donors (Lipinski definition) is 0. The zero-order valence-corrected chi connectivity index (χ0v) is 19.1. The highest BCUT2D eigenvalue weighted by Crippen LogP contribution is 2.37. The topological polar surface area (TPSA) is 17.8 Å². The summed E-state index contributed by atoms with van der Waals surface area (Å²) in [6, 6.07) is 15.9. The molecule has 0 bridgehead atoms. The predicted molar refractivity (Wildman–Crippen MR) is 124 cm³/mol. The predicted octanol–water partition coefficient (Wildman–Crippen LogP) is 7.54. The third-order valence-corrected chi connectivity index (χ3v) is 5.88. The number of pyridine rings is 1. The molecule has 0 fully saturated rings. The average molecular weight is 435 g/mol. The molecule has 0 atom stereocenters. The van der Waals surface area contributed by atoms with Crippen LogP contribution >= 0.6 is 15.9 Å².